The van der Waals surface area contributed by atoms with Gasteiger partial charge >= 0.3 is 0 Å². The van der Waals surface area contributed by atoms with Crippen LogP contribution in [0, 0.1) is 5.92 Å². The van der Waals surface area contributed by atoms with Crippen LogP contribution in [-0.2, 0) is 4.74 Å². The van der Waals surface area contributed by atoms with Gasteiger partial charge in [0, 0.05) is 26.3 Å². The number of ether oxygens (including phenoxy) is 1. The molecule has 0 radical (unpaired) electrons. The maximum Gasteiger partial charge on any atom is 0.205 e. The normalized spacial score (nSPS) is 25.9. The number of guanidine groups is 1. The Balaban J connectivity index is 2.16. The van der Waals surface area contributed by atoms with Crippen LogP contribution in [0.15, 0.2) is 4.99 Å². The lowest BCUT2D eigenvalue weighted by atomic mass is 9.82. The summed E-state index contributed by atoms with van der Waals surface area (Å²) >= 11 is 0. The summed E-state index contributed by atoms with van der Waals surface area (Å²) in [6.07, 6.45) is 3.34. The molecule has 5 nitrogen and oxygen atoms in total. The summed E-state index contributed by atoms with van der Waals surface area (Å²) < 4.78 is 4.94. The van der Waals surface area contributed by atoms with Gasteiger partial charge in [0.15, 0.2) is 0 Å². The van der Waals surface area contributed by atoms with Gasteiger partial charge in [0.2, 0.25) is 5.96 Å². The summed E-state index contributed by atoms with van der Waals surface area (Å²) in [5, 5.41) is 3.28. The molecule has 1 aliphatic rings. The van der Waals surface area contributed by atoms with Crippen molar-refractivity contribution in [2.45, 2.75) is 32.2 Å². The molecule has 15 heavy (non-hydrogen) atoms. The molecule has 0 bridgehead atoms. The average Bonchev–Trinajstić information content (AvgIpc) is 2.19. The first kappa shape index (κ1) is 12.3. The van der Waals surface area contributed by atoms with Gasteiger partial charge in [0.1, 0.15) is 0 Å². The molecule has 1 rings (SSSR count). The Hall–Kier alpha value is -0.810. The smallest absolute Gasteiger partial charge is 0.205 e. The van der Waals surface area contributed by atoms with Crippen LogP contribution in [-0.4, -0.2) is 32.3 Å². The molecule has 0 aromatic rings. The summed E-state index contributed by atoms with van der Waals surface area (Å²) in [5.74, 6) is 6.90. The third kappa shape index (κ3) is 4.48. The van der Waals surface area contributed by atoms with Crippen molar-refractivity contribution >= 4 is 5.96 Å². The van der Waals surface area contributed by atoms with E-state index in [2.05, 4.69) is 22.7 Å². The van der Waals surface area contributed by atoms with Crippen molar-refractivity contribution < 1.29 is 4.74 Å². The molecule has 0 aromatic carbocycles. The Morgan fingerprint density at radius 3 is 2.80 bits per heavy atom. The van der Waals surface area contributed by atoms with Crippen LogP contribution in [0.5, 0.6) is 0 Å². The van der Waals surface area contributed by atoms with Crippen molar-refractivity contribution in [3.8, 4) is 0 Å². The predicted molar refractivity (Wildman–Crippen MR) is 61.4 cm³/mol. The summed E-state index contributed by atoms with van der Waals surface area (Å²) in [7, 11) is 1.69. The Morgan fingerprint density at radius 1 is 1.53 bits per heavy atom. The Kier molecular flexibility index (Phi) is 5.42. The first-order chi connectivity index (χ1) is 7.26. The van der Waals surface area contributed by atoms with Gasteiger partial charge in [-0.2, -0.15) is 0 Å². The molecule has 88 valence electrons. The van der Waals surface area contributed by atoms with Gasteiger partial charge in [-0.1, -0.05) is 6.92 Å². The van der Waals surface area contributed by atoms with Gasteiger partial charge in [-0.15, -0.1) is 0 Å². The van der Waals surface area contributed by atoms with Crippen LogP contribution < -0.4 is 16.6 Å². The van der Waals surface area contributed by atoms with Gasteiger partial charge in [0.05, 0.1) is 0 Å². The summed E-state index contributed by atoms with van der Waals surface area (Å²) in [5.41, 5.74) is 2.59. The van der Waals surface area contributed by atoms with Gasteiger partial charge < -0.3 is 10.1 Å². The highest BCUT2D eigenvalue weighted by Gasteiger charge is 2.25. The van der Waals surface area contributed by atoms with Crippen LogP contribution in [0.2, 0.25) is 0 Å². The van der Waals surface area contributed by atoms with E-state index >= 15 is 0 Å². The number of methoxy groups -OCH3 is 1. The fraction of sp³-hybridized carbons (Fsp3) is 0.900. The maximum atomic E-state index is 5.37. The Morgan fingerprint density at radius 2 is 2.27 bits per heavy atom. The number of hydrazine groups is 1. The molecular formula is C10H22N4O. The molecule has 1 saturated carbocycles. The first-order valence-electron chi connectivity index (χ1n) is 5.52. The number of hydrogen-bond acceptors (Lipinski definition) is 3. The molecule has 1 fully saturated rings. The fourth-order valence-corrected chi connectivity index (χ4v) is 1.75. The lowest BCUT2D eigenvalue weighted by molar-refractivity contribution is 0.197. The molecule has 0 amide bonds. The van der Waals surface area contributed by atoms with Crippen LogP contribution in [0.25, 0.3) is 0 Å². The van der Waals surface area contributed by atoms with Crippen LogP contribution in [0.3, 0.4) is 0 Å². The first-order valence-corrected chi connectivity index (χ1v) is 5.52. The number of rotatable bonds is 5. The molecule has 5 heteroatoms. The van der Waals surface area contributed by atoms with E-state index in [1.54, 1.807) is 7.11 Å². The summed E-state index contributed by atoms with van der Waals surface area (Å²) in [6, 6.07) is 0.539. The number of nitrogens with one attached hydrogen (secondary N) is 2. The Labute approximate surface area is 91.4 Å². The topological polar surface area (TPSA) is 71.7 Å². The van der Waals surface area contributed by atoms with Crippen LogP contribution in [0.4, 0.5) is 0 Å². The molecule has 0 spiro atoms. The average molecular weight is 214 g/mol. The second-order valence-electron chi connectivity index (χ2n) is 4.14. The lowest BCUT2D eigenvalue weighted by Crippen LogP contribution is -2.50. The second-order valence-corrected chi connectivity index (χ2v) is 4.14. The van der Waals surface area contributed by atoms with Gasteiger partial charge in [0.25, 0.3) is 0 Å². The SMILES string of the molecule is COCCCN=C(NN)NC1CC(C)C1. The van der Waals surface area contributed by atoms with Crippen molar-refractivity contribution in [3.63, 3.8) is 0 Å². The third-order valence-electron chi connectivity index (χ3n) is 2.63. The van der Waals surface area contributed by atoms with E-state index in [4.69, 9.17) is 10.6 Å². The maximum absolute atomic E-state index is 5.37. The van der Waals surface area contributed by atoms with Crippen molar-refractivity contribution in [3.05, 3.63) is 0 Å². The number of aliphatic imine (C=N–C) groups is 1. The molecule has 0 atom stereocenters. The van der Waals surface area contributed by atoms with E-state index in [-0.39, 0.29) is 0 Å². The van der Waals surface area contributed by atoms with Gasteiger partial charge in [-0.3, -0.25) is 10.4 Å². The van der Waals surface area contributed by atoms with Crippen LogP contribution in [0.1, 0.15) is 26.2 Å². The van der Waals surface area contributed by atoms with Gasteiger partial charge in [-0.25, -0.2) is 5.84 Å². The largest absolute Gasteiger partial charge is 0.385 e. The van der Waals surface area contributed by atoms with E-state index in [9.17, 15) is 0 Å². The molecule has 0 unspecified atom stereocenters. The molecule has 0 heterocycles. The monoisotopic (exact) mass is 214 g/mol. The van der Waals surface area contributed by atoms with Crippen molar-refractivity contribution in [2.75, 3.05) is 20.3 Å². The lowest BCUT2D eigenvalue weighted by Gasteiger charge is -2.34. The Bertz CT molecular complexity index is 202. The van der Waals surface area contributed by atoms with Crippen molar-refractivity contribution in [2.24, 2.45) is 16.8 Å². The third-order valence-corrected chi connectivity index (χ3v) is 2.63. The predicted octanol–water partition coefficient (Wildman–Crippen LogP) is 0.230. The molecule has 4 N–H and O–H groups in total. The van der Waals surface area contributed by atoms with E-state index in [1.165, 1.54) is 12.8 Å². The highest BCUT2D eigenvalue weighted by atomic mass is 16.5. The van der Waals surface area contributed by atoms with E-state index in [1.807, 2.05) is 0 Å². The van der Waals surface area contributed by atoms with Crippen molar-refractivity contribution in [1.29, 1.82) is 0 Å². The molecular weight excluding hydrogens is 192 g/mol. The second kappa shape index (κ2) is 6.63. The summed E-state index contributed by atoms with van der Waals surface area (Å²) in [4.78, 5) is 4.32. The van der Waals surface area contributed by atoms with Crippen molar-refractivity contribution in [1.82, 2.24) is 10.7 Å². The summed E-state index contributed by atoms with van der Waals surface area (Å²) in [6.45, 7) is 3.73. The standard InChI is InChI=1S/C10H22N4O/c1-8-6-9(7-8)13-10(14-11)12-4-3-5-15-2/h8-9H,3-7,11H2,1-2H3,(H2,12,13,14). The molecule has 1 aliphatic carbocycles. The minimum atomic E-state index is 0.539. The van der Waals surface area contributed by atoms with E-state index in [0.29, 0.717) is 12.0 Å². The zero-order valence-electron chi connectivity index (χ0n) is 9.62. The zero-order valence-corrected chi connectivity index (χ0v) is 9.62. The highest BCUT2D eigenvalue weighted by Crippen LogP contribution is 2.25. The number of nitrogens with two attached hydrogens (primary N) is 1. The van der Waals surface area contributed by atoms with E-state index < -0.39 is 0 Å². The number of nitrogens with zero attached hydrogens (tertiary/aromatic N) is 1. The number of hydrogen-bond donors (Lipinski definition) is 3. The molecule has 0 aliphatic heterocycles. The van der Waals surface area contributed by atoms with Crippen LogP contribution >= 0.6 is 0 Å². The highest BCUT2D eigenvalue weighted by molar-refractivity contribution is 5.79. The zero-order chi connectivity index (χ0) is 11.1. The molecule has 0 aromatic heterocycles. The minimum Gasteiger partial charge on any atom is -0.385 e. The minimum absolute atomic E-state index is 0.539. The van der Waals surface area contributed by atoms with E-state index in [0.717, 1.165) is 25.5 Å². The molecule has 0 saturated heterocycles. The van der Waals surface area contributed by atoms with Gasteiger partial charge in [-0.05, 0) is 25.2 Å². The fourth-order valence-electron chi connectivity index (χ4n) is 1.75. The quantitative estimate of drug-likeness (QED) is 0.201.